The van der Waals surface area contributed by atoms with Crippen molar-refractivity contribution in [2.75, 3.05) is 5.32 Å². The summed E-state index contributed by atoms with van der Waals surface area (Å²) in [7, 11) is 0. The largest absolute Gasteiger partial charge is 0.333 e. The number of carbonyl (C=O) groups is 1. The molecule has 0 saturated heterocycles. The van der Waals surface area contributed by atoms with Crippen molar-refractivity contribution in [1.82, 2.24) is 5.43 Å². The molecular formula is C15H25N3O. The lowest BCUT2D eigenvalue weighted by Crippen LogP contribution is -2.34. The number of benzene rings is 1. The molecule has 0 aliphatic heterocycles. The third-order valence-electron chi connectivity index (χ3n) is 3.16. The van der Waals surface area contributed by atoms with E-state index in [0.717, 1.165) is 12.1 Å². The van der Waals surface area contributed by atoms with E-state index < -0.39 is 6.03 Å². The first-order valence-electron chi connectivity index (χ1n) is 7.12. The standard InChI is InChI=1S/C15H25N3O/c1-2-3-4-5-6-7-8-13-9-11-14(12-10-13)17-15(19)18-16/h9-12H,2-8,16H2,1H3,(H2,17,18,19). The molecule has 106 valence electrons. The van der Waals surface area contributed by atoms with Crippen LogP contribution in [0.3, 0.4) is 0 Å². The van der Waals surface area contributed by atoms with E-state index in [-0.39, 0.29) is 0 Å². The first-order chi connectivity index (χ1) is 9.26. The lowest BCUT2D eigenvalue weighted by Gasteiger charge is -2.06. The second kappa shape index (κ2) is 9.39. The molecule has 0 unspecified atom stereocenters. The highest BCUT2D eigenvalue weighted by Gasteiger charge is 1.99. The summed E-state index contributed by atoms with van der Waals surface area (Å²) in [6.45, 7) is 2.24. The van der Waals surface area contributed by atoms with E-state index in [4.69, 9.17) is 5.84 Å². The number of amides is 2. The Morgan fingerprint density at radius 1 is 1.05 bits per heavy atom. The number of aryl methyl sites for hydroxylation is 1. The smallest absolute Gasteiger partial charge is 0.307 e. The molecule has 0 spiro atoms. The van der Waals surface area contributed by atoms with E-state index in [1.807, 2.05) is 17.6 Å². The van der Waals surface area contributed by atoms with Gasteiger partial charge in [0.1, 0.15) is 0 Å². The highest BCUT2D eigenvalue weighted by molar-refractivity contribution is 5.88. The summed E-state index contributed by atoms with van der Waals surface area (Å²) in [6, 6.07) is 7.52. The lowest BCUT2D eigenvalue weighted by molar-refractivity contribution is 0.252. The molecule has 0 atom stereocenters. The van der Waals surface area contributed by atoms with Crippen LogP contribution in [0.15, 0.2) is 24.3 Å². The van der Waals surface area contributed by atoms with Gasteiger partial charge in [-0.15, -0.1) is 0 Å². The molecule has 0 bridgehead atoms. The minimum Gasteiger partial charge on any atom is -0.307 e. The fraction of sp³-hybridized carbons (Fsp3) is 0.533. The number of anilines is 1. The van der Waals surface area contributed by atoms with Crippen molar-refractivity contribution in [3.05, 3.63) is 29.8 Å². The van der Waals surface area contributed by atoms with Gasteiger partial charge in [0.15, 0.2) is 0 Å². The number of hydrogen-bond acceptors (Lipinski definition) is 2. The lowest BCUT2D eigenvalue weighted by atomic mass is 10.0. The van der Waals surface area contributed by atoms with Crippen LogP contribution >= 0.6 is 0 Å². The number of nitrogens with one attached hydrogen (secondary N) is 2. The second-order valence-corrected chi connectivity index (χ2v) is 4.81. The molecule has 0 heterocycles. The van der Waals surface area contributed by atoms with Crippen molar-refractivity contribution in [3.63, 3.8) is 0 Å². The summed E-state index contributed by atoms with van der Waals surface area (Å²) in [5, 5.41) is 2.63. The van der Waals surface area contributed by atoms with Gasteiger partial charge in [-0.05, 0) is 30.5 Å². The number of unbranched alkanes of at least 4 members (excludes halogenated alkanes) is 5. The van der Waals surface area contributed by atoms with E-state index in [2.05, 4.69) is 24.4 Å². The van der Waals surface area contributed by atoms with Crippen LogP contribution in [0.5, 0.6) is 0 Å². The van der Waals surface area contributed by atoms with Gasteiger partial charge < -0.3 is 5.32 Å². The summed E-state index contributed by atoms with van der Waals surface area (Å²) in [5.74, 6) is 5.00. The fourth-order valence-corrected chi connectivity index (χ4v) is 2.03. The van der Waals surface area contributed by atoms with Gasteiger partial charge in [-0.25, -0.2) is 10.6 Å². The zero-order valence-electron chi connectivity index (χ0n) is 11.7. The summed E-state index contributed by atoms with van der Waals surface area (Å²) in [6.07, 6.45) is 8.98. The van der Waals surface area contributed by atoms with Gasteiger partial charge in [0, 0.05) is 5.69 Å². The number of hydrogen-bond donors (Lipinski definition) is 3. The third kappa shape index (κ3) is 6.82. The quantitative estimate of drug-likeness (QED) is 0.290. The van der Waals surface area contributed by atoms with Crippen molar-refractivity contribution in [2.24, 2.45) is 5.84 Å². The molecule has 4 nitrogen and oxygen atoms in total. The Hall–Kier alpha value is -1.55. The maximum absolute atomic E-state index is 11.0. The molecule has 0 aliphatic carbocycles. The topological polar surface area (TPSA) is 67.2 Å². The molecule has 0 aliphatic rings. The van der Waals surface area contributed by atoms with Gasteiger partial charge in [0.05, 0.1) is 0 Å². The molecule has 0 aromatic heterocycles. The van der Waals surface area contributed by atoms with Crippen molar-refractivity contribution in [2.45, 2.75) is 51.9 Å². The van der Waals surface area contributed by atoms with Gasteiger partial charge in [0.25, 0.3) is 0 Å². The average Bonchev–Trinajstić information content (AvgIpc) is 2.44. The zero-order chi connectivity index (χ0) is 13.9. The van der Waals surface area contributed by atoms with E-state index in [1.54, 1.807) is 0 Å². The van der Waals surface area contributed by atoms with Crippen LogP contribution in [-0.4, -0.2) is 6.03 Å². The Bertz CT molecular complexity index is 362. The molecule has 4 N–H and O–H groups in total. The summed E-state index contributed by atoms with van der Waals surface area (Å²) in [5.41, 5.74) is 4.11. The minimum absolute atomic E-state index is 0.399. The molecule has 19 heavy (non-hydrogen) atoms. The van der Waals surface area contributed by atoms with Crippen LogP contribution in [0.2, 0.25) is 0 Å². The summed E-state index contributed by atoms with van der Waals surface area (Å²) < 4.78 is 0. The Labute approximate surface area is 115 Å². The molecule has 1 aromatic carbocycles. The Kier molecular flexibility index (Phi) is 7.66. The van der Waals surface area contributed by atoms with Gasteiger partial charge in [-0.3, -0.25) is 5.43 Å². The van der Waals surface area contributed by atoms with Crippen molar-refractivity contribution in [3.8, 4) is 0 Å². The first kappa shape index (κ1) is 15.5. The molecule has 0 fully saturated rings. The monoisotopic (exact) mass is 263 g/mol. The Morgan fingerprint density at radius 2 is 1.68 bits per heavy atom. The van der Waals surface area contributed by atoms with Crippen molar-refractivity contribution >= 4 is 11.7 Å². The van der Waals surface area contributed by atoms with Crippen LogP contribution in [0, 0.1) is 0 Å². The summed E-state index contributed by atoms with van der Waals surface area (Å²) >= 11 is 0. The number of carbonyl (C=O) groups excluding carboxylic acids is 1. The number of rotatable bonds is 8. The third-order valence-corrected chi connectivity index (χ3v) is 3.16. The fourth-order valence-electron chi connectivity index (χ4n) is 2.03. The Balaban J connectivity index is 2.22. The number of hydrazine groups is 1. The van der Waals surface area contributed by atoms with Gasteiger partial charge in [-0.2, -0.15) is 0 Å². The Morgan fingerprint density at radius 3 is 2.32 bits per heavy atom. The molecule has 2 amide bonds. The number of urea groups is 1. The highest BCUT2D eigenvalue weighted by Crippen LogP contribution is 2.13. The van der Waals surface area contributed by atoms with Gasteiger partial charge >= 0.3 is 6.03 Å². The highest BCUT2D eigenvalue weighted by atomic mass is 16.2. The van der Waals surface area contributed by atoms with Gasteiger partial charge in [-0.1, -0.05) is 51.2 Å². The van der Waals surface area contributed by atoms with Crippen molar-refractivity contribution < 1.29 is 4.79 Å². The van der Waals surface area contributed by atoms with Crippen LogP contribution in [-0.2, 0) is 6.42 Å². The predicted molar refractivity (Wildman–Crippen MR) is 79.9 cm³/mol. The van der Waals surface area contributed by atoms with Crippen molar-refractivity contribution in [1.29, 1.82) is 0 Å². The van der Waals surface area contributed by atoms with Crippen LogP contribution in [0.25, 0.3) is 0 Å². The van der Waals surface area contributed by atoms with E-state index in [1.165, 1.54) is 44.1 Å². The maximum atomic E-state index is 11.0. The van der Waals surface area contributed by atoms with Crippen LogP contribution < -0.4 is 16.6 Å². The van der Waals surface area contributed by atoms with Gasteiger partial charge in [0.2, 0.25) is 0 Å². The molecule has 1 rings (SSSR count). The zero-order valence-corrected chi connectivity index (χ0v) is 11.7. The van der Waals surface area contributed by atoms with Crippen LogP contribution in [0.1, 0.15) is 51.0 Å². The predicted octanol–water partition coefficient (Wildman–Crippen LogP) is 3.58. The average molecular weight is 263 g/mol. The molecule has 0 saturated carbocycles. The number of nitrogens with two attached hydrogens (primary N) is 1. The van der Waals surface area contributed by atoms with E-state index in [9.17, 15) is 4.79 Å². The SMILES string of the molecule is CCCCCCCCc1ccc(NC(=O)NN)cc1. The molecular weight excluding hydrogens is 238 g/mol. The minimum atomic E-state index is -0.399. The van der Waals surface area contributed by atoms with E-state index in [0.29, 0.717) is 0 Å². The molecule has 4 heteroatoms. The maximum Gasteiger partial charge on any atom is 0.333 e. The molecule has 0 radical (unpaired) electrons. The normalized spacial score (nSPS) is 10.2. The second-order valence-electron chi connectivity index (χ2n) is 4.81. The first-order valence-corrected chi connectivity index (χ1v) is 7.12. The summed E-state index contributed by atoms with van der Waals surface area (Å²) in [4.78, 5) is 11.0. The van der Waals surface area contributed by atoms with Crippen LogP contribution in [0.4, 0.5) is 10.5 Å². The molecule has 1 aromatic rings. The van der Waals surface area contributed by atoms with E-state index >= 15 is 0 Å².